The van der Waals surface area contributed by atoms with Gasteiger partial charge in [-0.05, 0) is 62.6 Å². The molecule has 2 nitrogen and oxygen atoms in total. The van der Waals surface area contributed by atoms with Crippen LogP contribution in [-0.4, -0.2) is 17.4 Å². The highest BCUT2D eigenvalue weighted by Crippen LogP contribution is 2.31. The molecule has 0 aliphatic heterocycles. The van der Waals surface area contributed by atoms with E-state index in [-0.39, 0.29) is 0 Å². The number of rotatable bonds is 4. The largest absolute Gasteiger partial charge is 0.369 e. The molecular weight excluding hydrogens is 379 g/mol. The van der Waals surface area contributed by atoms with Crippen molar-refractivity contribution >= 4 is 49.3 Å². The lowest BCUT2D eigenvalue weighted by Gasteiger charge is -2.30. The summed E-state index contributed by atoms with van der Waals surface area (Å²) in [5.74, 6) is 3.02. The van der Waals surface area contributed by atoms with Gasteiger partial charge in [0.05, 0.1) is 4.47 Å². The highest BCUT2D eigenvalue weighted by Gasteiger charge is 2.24. The molecule has 1 aromatic rings. The molecule has 1 aliphatic carbocycles. The number of nitrogens with zero attached hydrogens (tertiary/aromatic N) is 1. The third-order valence-corrected chi connectivity index (χ3v) is 5.04. The molecule has 1 heterocycles. The molecule has 0 amide bonds. The molecule has 0 radical (unpaired) electrons. The second-order valence-corrected chi connectivity index (χ2v) is 6.90. The predicted octanol–water partition coefficient (Wildman–Crippen LogP) is 5.06. The molecule has 2 unspecified atom stereocenters. The number of hydrogen-bond donors (Lipinski definition) is 1. The van der Waals surface area contributed by atoms with Gasteiger partial charge in [0.2, 0.25) is 0 Å². The number of halogens is 3. The third kappa shape index (κ3) is 3.84. The highest BCUT2D eigenvalue weighted by molar-refractivity contribution is 9.11. The highest BCUT2D eigenvalue weighted by atomic mass is 79.9. The van der Waals surface area contributed by atoms with E-state index in [1.165, 1.54) is 25.7 Å². The number of aromatic nitrogens is 1. The molecule has 2 rings (SSSR count). The molecule has 5 heteroatoms. The van der Waals surface area contributed by atoms with Gasteiger partial charge in [0.15, 0.2) is 0 Å². The van der Waals surface area contributed by atoms with Crippen LogP contribution in [0, 0.1) is 11.8 Å². The van der Waals surface area contributed by atoms with Crippen LogP contribution in [0.5, 0.6) is 0 Å². The van der Waals surface area contributed by atoms with E-state index in [9.17, 15) is 0 Å². The van der Waals surface area contributed by atoms with E-state index < -0.39 is 0 Å². The molecule has 1 aliphatic rings. The van der Waals surface area contributed by atoms with Crippen LogP contribution in [0.1, 0.15) is 25.7 Å². The Morgan fingerprint density at radius 3 is 2.67 bits per heavy atom. The van der Waals surface area contributed by atoms with E-state index in [0.29, 0.717) is 11.8 Å². The van der Waals surface area contributed by atoms with Crippen molar-refractivity contribution < 1.29 is 0 Å². The standard InChI is InChI=1S/C13H17Br2ClN2/c14-11-5-12(15)13(18-8-11)17-7-10-4-2-1-3-9(10)6-16/h5,8-10H,1-4,6-7H2,(H,17,18). The molecule has 0 saturated heterocycles. The van der Waals surface area contributed by atoms with Crippen LogP contribution in [0.3, 0.4) is 0 Å². The molecule has 0 spiro atoms. The van der Waals surface area contributed by atoms with Crippen molar-refractivity contribution in [3.05, 3.63) is 21.2 Å². The zero-order valence-corrected chi connectivity index (χ0v) is 14.1. The fraction of sp³-hybridized carbons (Fsp3) is 0.615. The number of hydrogen-bond acceptors (Lipinski definition) is 2. The first-order valence-corrected chi connectivity index (χ1v) is 8.43. The molecule has 2 atom stereocenters. The maximum absolute atomic E-state index is 6.05. The molecule has 1 aromatic heterocycles. The van der Waals surface area contributed by atoms with Crippen LogP contribution in [0.15, 0.2) is 21.2 Å². The van der Waals surface area contributed by atoms with E-state index in [0.717, 1.165) is 27.2 Å². The zero-order valence-electron chi connectivity index (χ0n) is 10.1. The molecule has 0 aromatic carbocycles. The lowest BCUT2D eigenvalue weighted by molar-refractivity contribution is 0.272. The first-order valence-electron chi connectivity index (χ1n) is 6.31. The average Bonchev–Trinajstić information content (AvgIpc) is 2.38. The van der Waals surface area contributed by atoms with Crippen molar-refractivity contribution in [1.29, 1.82) is 0 Å². The van der Waals surface area contributed by atoms with Crippen molar-refractivity contribution in [2.45, 2.75) is 25.7 Å². The van der Waals surface area contributed by atoms with Gasteiger partial charge < -0.3 is 5.32 Å². The van der Waals surface area contributed by atoms with Crippen LogP contribution in [0.25, 0.3) is 0 Å². The summed E-state index contributed by atoms with van der Waals surface area (Å²) < 4.78 is 1.98. The summed E-state index contributed by atoms with van der Waals surface area (Å²) in [6, 6.07) is 2.01. The summed E-state index contributed by atoms with van der Waals surface area (Å²) in [4.78, 5) is 4.38. The van der Waals surface area contributed by atoms with Crippen LogP contribution in [0.2, 0.25) is 0 Å². The van der Waals surface area contributed by atoms with Crippen LogP contribution in [0.4, 0.5) is 5.82 Å². The van der Waals surface area contributed by atoms with Gasteiger partial charge in [-0.15, -0.1) is 11.6 Å². The SMILES string of the molecule is ClCC1CCCCC1CNc1ncc(Br)cc1Br. The van der Waals surface area contributed by atoms with Gasteiger partial charge in [-0.1, -0.05) is 12.8 Å². The number of alkyl halides is 1. The van der Waals surface area contributed by atoms with E-state index >= 15 is 0 Å². The summed E-state index contributed by atoms with van der Waals surface area (Å²) in [6.45, 7) is 0.963. The van der Waals surface area contributed by atoms with E-state index in [1.54, 1.807) is 0 Å². The van der Waals surface area contributed by atoms with Gasteiger partial charge in [-0.2, -0.15) is 0 Å². The number of anilines is 1. The van der Waals surface area contributed by atoms with Crippen molar-refractivity contribution in [3.8, 4) is 0 Å². The zero-order chi connectivity index (χ0) is 13.0. The molecule has 18 heavy (non-hydrogen) atoms. The van der Waals surface area contributed by atoms with Gasteiger partial charge in [0, 0.05) is 23.1 Å². The van der Waals surface area contributed by atoms with Gasteiger partial charge in [0.25, 0.3) is 0 Å². The smallest absolute Gasteiger partial charge is 0.140 e. The minimum absolute atomic E-state index is 0.655. The van der Waals surface area contributed by atoms with Gasteiger partial charge in [0.1, 0.15) is 5.82 Å². The first-order chi connectivity index (χ1) is 8.70. The fourth-order valence-electron chi connectivity index (χ4n) is 2.53. The quantitative estimate of drug-likeness (QED) is 0.719. The van der Waals surface area contributed by atoms with Crippen molar-refractivity contribution in [2.75, 3.05) is 17.7 Å². The Balaban J connectivity index is 1.93. The first kappa shape index (κ1) is 14.6. The Bertz CT molecular complexity index is 401. The Morgan fingerprint density at radius 1 is 1.28 bits per heavy atom. The Kier molecular flexibility index (Phi) is 5.77. The summed E-state index contributed by atoms with van der Waals surface area (Å²) >= 11 is 13.0. The second kappa shape index (κ2) is 7.11. The van der Waals surface area contributed by atoms with Crippen LogP contribution < -0.4 is 5.32 Å². The predicted molar refractivity (Wildman–Crippen MR) is 84.3 cm³/mol. The summed E-state index contributed by atoms with van der Waals surface area (Å²) in [5.41, 5.74) is 0. The molecule has 1 saturated carbocycles. The van der Waals surface area contributed by atoms with Gasteiger partial charge >= 0.3 is 0 Å². The fourth-order valence-corrected chi connectivity index (χ4v) is 4.06. The van der Waals surface area contributed by atoms with E-state index in [1.807, 2.05) is 12.3 Å². The molecule has 100 valence electrons. The van der Waals surface area contributed by atoms with E-state index in [2.05, 4.69) is 42.2 Å². The van der Waals surface area contributed by atoms with Gasteiger partial charge in [-0.3, -0.25) is 0 Å². The van der Waals surface area contributed by atoms with E-state index in [4.69, 9.17) is 11.6 Å². The second-order valence-electron chi connectivity index (χ2n) is 4.82. The summed E-state index contributed by atoms with van der Waals surface area (Å²) in [7, 11) is 0. The molecule has 1 fully saturated rings. The lowest BCUT2D eigenvalue weighted by Crippen LogP contribution is -2.27. The Hall–Kier alpha value is 0.200. The Labute approximate surface area is 130 Å². The maximum Gasteiger partial charge on any atom is 0.140 e. The van der Waals surface area contributed by atoms with Crippen molar-refractivity contribution in [2.24, 2.45) is 11.8 Å². The minimum Gasteiger partial charge on any atom is -0.369 e. The third-order valence-electron chi connectivity index (χ3n) is 3.60. The number of pyridine rings is 1. The maximum atomic E-state index is 6.05. The molecule has 0 bridgehead atoms. The van der Waals surface area contributed by atoms with Crippen molar-refractivity contribution in [3.63, 3.8) is 0 Å². The minimum atomic E-state index is 0.655. The monoisotopic (exact) mass is 394 g/mol. The topological polar surface area (TPSA) is 24.9 Å². The Morgan fingerprint density at radius 2 is 2.00 bits per heavy atom. The number of nitrogens with one attached hydrogen (secondary N) is 1. The lowest BCUT2D eigenvalue weighted by atomic mass is 9.80. The van der Waals surface area contributed by atoms with Crippen molar-refractivity contribution in [1.82, 2.24) is 4.98 Å². The normalized spacial score (nSPS) is 23.9. The van der Waals surface area contributed by atoms with Crippen LogP contribution >= 0.6 is 43.5 Å². The summed E-state index contributed by atoms with van der Waals surface area (Å²) in [5, 5.41) is 3.44. The van der Waals surface area contributed by atoms with Crippen LogP contribution in [-0.2, 0) is 0 Å². The molecule has 1 N–H and O–H groups in total. The van der Waals surface area contributed by atoms with Gasteiger partial charge in [-0.25, -0.2) is 4.98 Å². The summed E-state index contributed by atoms with van der Waals surface area (Å²) in [6.07, 6.45) is 7.01. The molecular formula is C13H17Br2ClN2. The average molecular weight is 397 g/mol.